The van der Waals surface area contributed by atoms with Gasteiger partial charge in [0, 0.05) is 25.4 Å². The molecule has 3 rings (SSSR count). The highest BCUT2D eigenvalue weighted by Crippen LogP contribution is 2.25. The van der Waals surface area contributed by atoms with E-state index in [0.29, 0.717) is 19.4 Å². The number of nitrogens with zero attached hydrogens (tertiary/aromatic N) is 2. The van der Waals surface area contributed by atoms with Crippen LogP contribution >= 0.6 is 0 Å². The Morgan fingerprint density at radius 2 is 1.95 bits per heavy atom. The summed E-state index contributed by atoms with van der Waals surface area (Å²) in [5.74, 6) is -1.76. The SMILES string of the molecule is CC1=CC(O)CC(=O)Cc2nc(co2)C(=O)N2CCC[C@@H]2C(=O)OC(C(C)C)C(C)/C=C/C(=O)NCC=C1. The Labute approximate surface area is 222 Å². The first kappa shape index (κ1) is 29.0. The molecule has 0 radical (unpaired) electrons. The van der Waals surface area contributed by atoms with Gasteiger partial charge < -0.3 is 24.5 Å². The van der Waals surface area contributed by atoms with Crippen molar-refractivity contribution in [2.45, 2.75) is 71.6 Å². The van der Waals surface area contributed by atoms with Crippen LogP contribution in [0.2, 0.25) is 0 Å². The number of cyclic esters (lactones) is 1. The molecule has 3 heterocycles. The van der Waals surface area contributed by atoms with Crippen molar-refractivity contribution < 1.29 is 33.4 Å². The van der Waals surface area contributed by atoms with Crippen LogP contribution in [-0.2, 0) is 25.5 Å². The third kappa shape index (κ3) is 7.98. The van der Waals surface area contributed by atoms with Crippen LogP contribution in [0.15, 0.2) is 46.6 Å². The molecule has 3 unspecified atom stereocenters. The van der Waals surface area contributed by atoms with E-state index in [1.807, 2.05) is 20.8 Å². The highest BCUT2D eigenvalue weighted by Gasteiger charge is 2.38. The number of Topliss-reactive ketones (excluding diaryl/α,β-unsaturated/α-hetero) is 1. The summed E-state index contributed by atoms with van der Waals surface area (Å²) in [6.45, 7) is 8.16. The second kappa shape index (κ2) is 13.3. The van der Waals surface area contributed by atoms with E-state index >= 15 is 0 Å². The smallest absolute Gasteiger partial charge is 0.329 e. The minimum absolute atomic E-state index is 0.00930. The predicted molar refractivity (Wildman–Crippen MR) is 139 cm³/mol. The van der Waals surface area contributed by atoms with E-state index < -0.39 is 30.1 Å². The molecule has 1 aromatic rings. The van der Waals surface area contributed by atoms with Crippen molar-refractivity contribution >= 4 is 23.6 Å². The maximum absolute atomic E-state index is 13.2. The molecule has 2 amide bonds. The lowest BCUT2D eigenvalue weighted by Crippen LogP contribution is -2.44. The number of aromatic nitrogens is 1. The number of rotatable bonds is 1. The maximum Gasteiger partial charge on any atom is 0.329 e. The van der Waals surface area contributed by atoms with Gasteiger partial charge in [-0.15, -0.1) is 0 Å². The number of ketones is 1. The first-order valence-corrected chi connectivity index (χ1v) is 13.0. The van der Waals surface area contributed by atoms with Gasteiger partial charge in [0.25, 0.3) is 5.91 Å². The Morgan fingerprint density at radius 1 is 1.18 bits per heavy atom. The van der Waals surface area contributed by atoms with E-state index in [2.05, 4.69) is 10.3 Å². The average Bonchev–Trinajstić information content (AvgIpc) is 3.52. The van der Waals surface area contributed by atoms with Crippen molar-refractivity contribution in [2.24, 2.45) is 11.8 Å². The number of fused-ring (bicyclic) bond motifs is 3. The number of hydrogen-bond acceptors (Lipinski definition) is 8. The van der Waals surface area contributed by atoms with Crippen LogP contribution in [0.3, 0.4) is 0 Å². The van der Waals surface area contributed by atoms with Crippen molar-refractivity contribution in [1.29, 1.82) is 0 Å². The molecule has 4 atom stereocenters. The number of carbonyl (C=O) groups is 4. The standard InChI is InChI=1S/C28H37N3O7/c1-17(2)26-19(4)9-10-24(34)29-11-5-7-18(3)13-20(32)14-21(33)15-25-30-22(16-37-25)27(35)31-12-6-8-23(31)28(36)38-26/h5,7,9-10,13,16-17,19-20,23,26,32H,6,8,11-12,14-15H2,1-4H3,(H,29,34)/b7-5?,10-9+,18-13?/t19?,20?,23-,26?/m1/s1. The number of hydrogen-bond donors (Lipinski definition) is 2. The summed E-state index contributed by atoms with van der Waals surface area (Å²) in [6, 6.07) is -0.761. The summed E-state index contributed by atoms with van der Waals surface area (Å²) < 4.78 is 11.2. The summed E-state index contributed by atoms with van der Waals surface area (Å²) in [6.07, 6.45) is 8.62. The molecular weight excluding hydrogens is 490 g/mol. The first-order valence-electron chi connectivity index (χ1n) is 13.0. The first-order chi connectivity index (χ1) is 18.0. The molecule has 0 saturated carbocycles. The van der Waals surface area contributed by atoms with Crippen molar-refractivity contribution in [3.63, 3.8) is 0 Å². The van der Waals surface area contributed by atoms with E-state index in [1.165, 1.54) is 17.2 Å². The second-order valence-corrected chi connectivity index (χ2v) is 10.2. The minimum atomic E-state index is -1.01. The summed E-state index contributed by atoms with van der Waals surface area (Å²) >= 11 is 0. The van der Waals surface area contributed by atoms with Gasteiger partial charge in [0.2, 0.25) is 11.8 Å². The number of aliphatic hydroxyl groups is 1. The zero-order valence-electron chi connectivity index (χ0n) is 22.4. The number of allylic oxidation sites excluding steroid dienone is 2. The molecule has 2 aliphatic rings. The van der Waals surface area contributed by atoms with Gasteiger partial charge in [-0.05, 0) is 31.8 Å². The zero-order valence-corrected chi connectivity index (χ0v) is 22.4. The number of amides is 2. The Hall–Kier alpha value is -3.53. The van der Waals surface area contributed by atoms with Gasteiger partial charge in [-0.25, -0.2) is 9.78 Å². The van der Waals surface area contributed by atoms with Gasteiger partial charge in [-0.1, -0.05) is 50.6 Å². The Morgan fingerprint density at radius 3 is 2.68 bits per heavy atom. The van der Waals surface area contributed by atoms with Crippen LogP contribution in [0.5, 0.6) is 0 Å². The fraction of sp³-hybridized carbons (Fsp3) is 0.536. The van der Waals surface area contributed by atoms with Gasteiger partial charge >= 0.3 is 5.97 Å². The van der Waals surface area contributed by atoms with Crippen LogP contribution in [-0.4, -0.2) is 69.9 Å². The molecule has 10 heteroatoms. The lowest BCUT2D eigenvalue weighted by Gasteiger charge is -2.29. The summed E-state index contributed by atoms with van der Waals surface area (Å²) in [4.78, 5) is 56.6. The molecule has 2 aliphatic heterocycles. The summed E-state index contributed by atoms with van der Waals surface area (Å²) in [5.41, 5.74) is 0.739. The minimum Gasteiger partial charge on any atom is -0.460 e. The highest BCUT2D eigenvalue weighted by atomic mass is 16.5. The fourth-order valence-electron chi connectivity index (χ4n) is 4.66. The number of ether oxygens (including phenoxy) is 1. The molecule has 0 aromatic carbocycles. The predicted octanol–water partition coefficient (Wildman–Crippen LogP) is 2.53. The zero-order chi connectivity index (χ0) is 27.8. The summed E-state index contributed by atoms with van der Waals surface area (Å²) in [5, 5.41) is 13.0. The van der Waals surface area contributed by atoms with Crippen LogP contribution in [0.4, 0.5) is 0 Å². The number of aliphatic hydroxyl groups excluding tert-OH is 1. The molecule has 0 aliphatic carbocycles. The molecule has 0 spiro atoms. The normalized spacial score (nSPS) is 27.5. The summed E-state index contributed by atoms with van der Waals surface area (Å²) in [7, 11) is 0. The van der Waals surface area contributed by atoms with Crippen molar-refractivity contribution in [1.82, 2.24) is 15.2 Å². The average molecular weight is 528 g/mol. The van der Waals surface area contributed by atoms with Gasteiger partial charge in [0.1, 0.15) is 24.2 Å². The molecule has 2 bridgehead atoms. The van der Waals surface area contributed by atoms with Gasteiger partial charge in [-0.2, -0.15) is 0 Å². The fourth-order valence-corrected chi connectivity index (χ4v) is 4.66. The van der Waals surface area contributed by atoms with E-state index in [0.717, 1.165) is 5.57 Å². The van der Waals surface area contributed by atoms with E-state index in [4.69, 9.17) is 9.15 Å². The van der Waals surface area contributed by atoms with Crippen LogP contribution in [0.1, 0.15) is 63.3 Å². The quantitative estimate of drug-likeness (QED) is 0.531. The lowest BCUT2D eigenvalue weighted by atomic mass is 9.94. The Balaban J connectivity index is 1.85. The van der Waals surface area contributed by atoms with Gasteiger partial charge in [0.05, 0.1) is 12.5 Å². The van der Waals surface area contributed by atoms with Gasteiger partial charge in [-0.3, -0.25) is 14.4 Å². The molecular formula is C28H37N3O7. The monoisotopic (exact) mass is 527 g/mol. The van der Waals surface area contributed by atoms with Crippen molar-refractivity contribution in [3.05, 3.63) is 53.8 Å². The largest absolute Gasteiger partial charge is 0.460 e. The number of nitrogens with one attached hydrogen (secondary N) is 1. The molecule has 38 heavy (non-hydrogen) atoms. The topological polar surface area (TPSA) is 139 Å². The molecule has 1 aromatic heterocycles. The van der Waals surface area contributed by atoms with Crippen LogP contribution in [0, 0.1) is 11.8 Å². The van der Waals surface area contributed by atoms with E-state index in [-0.39, 0.29) is 54.5 Å². The Bertz CT molecular complexity index is 1120. The third-order valence-electron chi connectivity index (χ3n) is 6.55. The molecule has 2 N–H and O–H groups in total. The molecule has 1 saturated heterocycles. The molecule has 10 nitrogen and oxygen atoms in total. The van der Waals surface area contributed by atoms with Gasteiger partial charge in [0.15, 0.2) is 5.69 Å². The van der Waals surface area contributed by atoms with Crippen LogP contribution in [0.25, 0.3) is 0 Å². The van der Waals surface area contributed by atoms with Crippen LogP contribution < -0.4 is 5.32 Å². The third-order valence-corrected chi connectivity index (χ3v) is 6.55. The number of esters is 1. The molecule has 1 fully saturated rings. The number of oxazole rings is 1. The van der Waals surface area contributed by atoms with Crippen molar-refractivity contribution in [2.75, 3.05) is 13.1 Å². The van der Waals surface area contributed by atoms with Crippen molar-refractivity contribution in [3.8, 4) is 0 Å². The maximum atomic E-state index is 13.2. The van der Waals surface area contributed by atoms with E-state index in [9.17, 15) is 24.3 Å². The lowest BCUT2D eigenvalue weighted by molar-refractivity contribution is -0.158. The van der Waals surface area contributed by atoms with E-state index in [1.54, 1.807) is 31.2 Å². The Kier molecular flexibility index (Phi) is 10.2. The highest BCUT2D eigenvalue weighted by molar-refractivity contribution is 5.95. The second-order valence-electron chi connectivity index (χ2n) is 10.2. The number of carbonyl (C=O) groups excluding carboxylic acids is 4. The molecule has 206 valence electrons.